The number of hydrogen-bond acceptors (Lipinski definition) is 3. The van der Waals surface area contributed by atoms with Crippen molar-refractivity contribution in [2.45, 2.75) is 58.5 Å². The van der Waals surface area contributed by atoms with E-state index in [0.29, 0.717) is 25.9 Å². The van der Waals surface area contributed by atoms with Crippen LogP contribution in [0.5, 0.6) is 0 Å². The van der Waals surface area contributed by atoms with Crippen LogP contribution >= 0.6 is 0 Å². The number of carbonyl (C=O) groups excluding carboxylic acids is 3. The van der Waals surface area contributed by atoms with Crippen LogP contribution in [0.25, 0.3) is 0 Å². The first-order valence-corrected chi connectivity index (χ1v) is 9.32. The second-order valence-electron chi connectivity index (χ2n) is 7.53. The van der Waals surface area contributed by atoms with Crippen LogP contribution in [0.15, 0.2) is 12.1 Å². The summed E-state index contributed by atoms with van der Waals surface area (Å²) in [5.41, 5.74) is 3.90. The summed E-state index contributed by atoms with van der Waals surface area (Å²) in [6.45, 7) is 7.11. The maximum absolute atomic E-state index is 12.9. The molecular weight excluding hydrogens is 330 g/mol. The highest BCUT2D eigenvalue weighted by Gasteiger charge is 2.32. The van der Waals surface area contributed by atoms with Gasteiger partial charge in [0.2, 0.25) is 11.8 Å². The monoisotopic (exact) mass is 357 g/mol. The number of piperidine rings is 1. The lowest BCUT2D eigenvalue weighted by Gasteiger charge is -2.24. The minimum Gasteiger partial charge on any atom is -0.350 e. The van der Waals surface area contributed by atoms with Crippen molar-refractivity contribution in [3.8, 4) is 0 Å². The van der Waals surface area contributed by atoms with Gasteiger partial charge < -0.3 is 15.5 Å². The van der Waals surface area contributed by atoms with Gasteiger partial charge in [0.15, 0.2) is 0 Å². The predicted molar refractivity (Wildman–Crippen MR) is 98.9 cm³/mol. The van der Waals surface area contributed by atoms with Crippen LogP contribution in [0.4, 0.5) is 0 Å². The van der Waals surface area contributed by atoms with E-state index in [1.165, 1.54) is 0 Å². The van der Waals surface area contributed by atoms with Crippen molar-refractivity contribution in [2.75, 3.05) is 13.1 Å². The van der Waals surface area contributed by atoms with E-state index in [4.69, 9.17) is 0 Å². The summed E-state index contributed by atoms with van der Waals surface area (Å²) in [5, 5.41) is 5.73. The van der Waals surface area contributed by atoms with Crippen LogP contribution in [0.1, 0.15) is 52.7 Å². The Hall–Kier alpha value is -2.37. The van der Waals surface area contributed by atoms with Gasteiger partial charge in [-0.05, 0) is 51.2 Å². The quantitative estimate of drug-likeness (QED) is 0.863. The summed E-state index contributed by atoms with van der Waals surface area (Å²) in [6, 6.07) is 3.56. The summed E-state index contributed by atoms with van der Waals surface area (Å²) >= 11 is 0. The first-order chi connectivity index (χ1) is 12.3. The average Bonchev–Trinajstić information content (AvgIpc) is 3.02. The van der Waals surface area contributed by atoms with Crippen LogP contribution in [0.3, 0.4) is 0 Å². The van der Waals surface area contributed by atoms with Crippen LogP contribution in [-0.2, 0) is 9.59 Å². The van der Waals surface area contributed by atoms with E-state index < -0.39 is 6.04 Å². The second kappa shape index (κ2) is 7.48. The number of amides is 3. The van der Waals surface area contributed by atoms with Gasteiger partial charge in [-0.1, -0.05) is 17.7 Å². The Kier molecular flexibility index (Phi) is 5.30. The fourth-order valence-electron chi connectivity index (χ4n) is 4.04. The van der Waals surface area contributed by atoms with Gasteiger partial charge >= 0.3 is 0 Å². The number of hydrogen-bond donors (Lipinski definition) is 2. The minimum atomic E-state index is -0.442. The maximum atomic E-state index is 12.9. The number of nitrogens with one attached hydrogen (secondary N) is 2. The van der Waals surface area contributed by atoms with Gasteiger partial charge in [-0.25, -0.2) is 0 Å². The largest absolute Gasteiger partial charge is 0.350 e. The molecule has 2 atom stereocenters. The third-order valence-electron chi connectivity index (χ3n) is 5.26. The molecule has 0 bridgehead atoms. The third-order valence-corrected chi connectivity index (χ3v) is 5.26. The van der Waals surface area contributed by atoms with Crippen molar-refractivity contribution < 1.29 is 14.4 Å². The molecule has 0 unspecified atom stereocenters. The second-order valence-corrected chi connectivity index (χ2v) is 7.53. The highest BCUT2D eigenvalue weighted by molar-refractivity contribution is 5.97. The molecule has 1 aromatic rings. The standard InChI is InChI=1S/C20H27N3O3/c1-12-9-13(2)18(14(3)10-12)20(26)23-8-7-15(11-23)21-19(25)16-5-4-6-17(24)22-16/h9-10,15-16H,4-8,11H2,1-3H3,(H,21,25)(H,22,24)/t15-,16-/m1/s1. The first-order valence-electron chi connectivity index (χ1n) is 9.32. The Morgan fingerprint density at radius 2 is 1.85 bits per heavy atom. The van der Waals surface area contributed by atoms with E-state index in [2.05, 4.69) is 10.6 Å². The number of likely N-dealkylation sites (tertiary alicyclic amines) is 1. The number of carbonyl (C=O) groups is 3. The highest BCUT2D eigenvalue weighted by Crippen LogP contribution is 2.21. The molecular formula is C20H27N3O3. The molecule has 0 radical (unpaired) electrons. The van der Waals surface area contributed by atoms with Crippen molar-refractivity contribution in [3.05, 3.63) is 34.4 Å². The SMILES string of the molecule is Cc1cc(C)c(C(=O)N2CC[C@@H](NC(=O)[C@H]3CCCC(=O)N3)C2)c(C)c1. The van der Waals surface area contributed by atoms with Gasteiger partial charge in [-0.2, -0.15) is 0 Å². The van der Waals surface area contributed by atoms with E-state index in [-0.39, 0.29) is 23.8 Å². The van der Waals surface area contributed by atoms with Gasteiger partial charge in [0.05, 0.1) is 0 Å². The minimum absolute atomic E-state index is 0.0303. The van der Waals surface area contributed by atoms with Crippen molar-refractivity contribution in [3.63, 3.8) is 0 Å². The van der Waals surface area contributed by atoms with Crippen molar-refractivity contribution in [1.29, 1.82) is 0 Å². The van der Waals surface area contributed by atoms with E-state index in [1.807, 2.05) is 37.8 Å². The van der Waals surface area contributed by atoms with E-state index in [9.17, 15) is 14.4 Å². The van der Waals surface area contributed by atoms with Gasteiger partial charge in [-0.15, -0.1) is 0 Å². The topological polar surface area (TPSA) is 78.5 Å². The summed E-state index contributed by atoms with van der Waals surface area (Å²) in [6.07, 6.45) is 2.65. The smallest absolute Gasteiger partial charge is 0.254 e. The molecule has 3 rings (SSSR count). The number of benzene rings is 1. The molecule has 0 spiro atoms. The normalized spacial score (nSPS) is 22.9. The molecule has 2 aliphatic heterocycles. The summed E-state index contributed by atoms with van der Waals surface area (Å²) in [4.78, 5) is 38.6. The van der Waals surface area contributed by atoms with E-state index >= 15 is 0 Å². The maximum Gasteiger partial charge on any atom is 0.254 e. The Bertz CT molecular complexity index is 721. The van der Waals surface area contributed by atoms with Crippen LogP contribution in [0.2, 0.25) is 0 Å². The molecule has 2 fully saturated rings. The Balaban J connectivity index is 1.61. The molecule has 6 nitrogen and oxygen atoms in total. The molecule has 0 aliphatic carbocycles. The lowest BCUT2D eigenvalue weighted by atomic mass is 9.99. The van der Waals surface area contributed by atoms with Crippen LogP contribution in [0, 0.1) is 20.8 Å². The molecule has 2 N–H and O–H groups in total. The highest BCUT2D eigenvalue weighted by atomic mass is 16.2. The first kappa shape index (κ1) is 18.4. The zero-order valence-corrected chi connectivity index (χ0v) is 15.7. The third kappa shape index (κ3) is 3.89. The molecule has 140 valence electrons. The van der Waals surface area contributed by atoms with Gasteiger partial charge in [0.25, 0.3) is 5.91 Å². The van der Waals surface area contributed by atoms with E-state index in [0.717, 1.165) is 35.1 Å². The van der Waals surface area contributed by atoms with E-state index in [1.54, 1.807) is 0 Å². The molecule has 0 aromatic heterocycles. The zero-order valence-electron chi connectivity index (χ0n) is 15.7. The predicted octanol–water partition coefficient (Wildman–Crippen LogP) is 1.61. The average molecular weight is 357 g/mol. The van der Waals surface area contributed by atoms with Crippen LogP contribution < -0.4 is 10.6 Å². The fraction of sp³-hybridized carbons (Fsp3) is 0.550. The molecule has 1 aromatic carbocycles. The fourth-order valence-corrected chi connectivity index (χ4v) is 4.04. The van der Waals surface area contributed by atoms with Crippen LogP contribution in [-0.4, -0.2) is 47.8 Å². The van der Waals surface area contributed by atoms with Gasteiger partial charge in [-0.3, -0.25) is 14.4 Å². The Labute approximate surface area is 154 Å². The molecule has 6 heteroatoms. The molecule has 2 saturated heterocycles. The Morgan fingerprint density at radius 1 is 1.15 bits per heavy atom. The number of aryl methyl sites for hydroxylation is 3. The summed E-state index contributed by atoms with van der Waals surface area (Å²) < 4.78 is 0. The van der Waals surface area contributed by atoms with Crippen molar-refractivity contribution in [2.24, 2.45) is 0 Å². The number of rotatable bonds is 3. The van der Waals surface area contributed by atoms with Gasteiger partial charge in [0, 0.05) is 31.1 Å². The lowest BCUT2D eigenvalue weighted by molar-refractivity contribution is -0.131. The van der Waals surface area contributed by atoms with Crippen molar-refractivity contribution >= 4 is 17.7 Å². The molecule has 2 heterocycles. The molecule has 26 heavy (non-hydrogen) atoms. The lowest BCUT2D eigenvalue weighted by Crippen LogP contribution is -2.52. The molecule has 0 saturated carbocycles. The summed E-state index contributed by atoms with van der Waals surface area (Å²) in [7, 11) is 0. The number of nitrogens with zero attached hydrogens (tertiary/aromatic N) is 1. The molecule has 3 amide bonds. The zero-order chi connectivity index (χ0) is 18.8. The summed E-state index contributed by atoms with van der Waals surface area (Å²) in [5.74, 6) is -0.173. The van der Waals surface area contributed by atoms with Crippen molar-refractivity contribution in [1.82, 2.24) is 15.5 Å². The molecule has 2 aliphatic rings. The van der Waals surface area contributed by atoms with Gasteiger partial charge in [0.1, 0.15) is 6.04 Å². The Morgan fingerprint density at radius 3 is 2.50 bits per heavy atom.